The van der Waals surface area contributed by atoms with E-state index in [4.69, 9.17) is 28.2 Å². The predicted octanol–water partition coefficient (Wildman–Crippen LogP) is 5.56. The van der Waals surface area contributed by atoms with Crippen molar-refractivity contribution in [3.63, 3.8) is 0 Å². The van der Waals surface area contributed by atoms with Gasteiger partial charge < -0.3 is 4.90 Å². The summed E-state index contributed by atoms with van der Waals surface area (Å²) in [5, 5.41) is 0.718. The maximum atomic E-state index is 6.30. The molecule has 2 aliphatic rings. The number of nitrogens with zero attached hydrogens (tertiary/aromatic N) is 4. The Morgan fingerprint density at radius 2 is 1.92 bits per heavy atom. The molecule has 26 heavy (non-hydrogen) atoms. The fourth-order valence-electron chi connectivity index (χ4n) is 4.72. The molecule has 1 atom stereocenters. The zero-order valence-electron chi connectivity index (χ0n) is 15.3. The summed E-state index contributed by atoms with van der Waals surface area (Å²) in [6, 6.07) is 1.83. The van der Waals surface area contributed by atoms with Crippen LogP contribution in [0.1, 0.15) is 44.7 Å². The van der Waals surface area contributed by atoms with Crippen LogP contribution in [-0.4, -0.2) is 28.0 Å². The number of aromatic nitrogens is 3. The average molecular weight is 391 g/mol. The number of piperidine rings is 1. The van der Waals surface area contributed by atoms with Gasteiger partial charge in [0.05, 0.1) is 22.6 Å². The van der Waals surface area contributed by atoms with E-state index in [0.29, 0.717) is 15.6 Å². The van der Waals surface area contributed by atoms with E-state index in [1.54, 1.807) is 6.20 Å². The van der Waals surface area contributed by atoms with Gasteiger partial charge in [0.25, 0.3) is 0 Å². The molecule has 0 aromatic carbocycles. The second kappa shape index (κ2) is 6.97. The number of pyridine rings is 1. The molecule has 4 rings (SSSR count). The van der Waals surface area contributed by atoms with E-state index in [-0.39, 0.29) is 0 Å². The first kappa shape index (κ1) is 18.0. The van der Waals surface area contributed by atoms with E-state index in [1.807, 2.05) is 19.2 Å². The van der Waals surface area contributed by atoms with E-state index in [1.165, 1.54) is 32.1 Å². The Morgan fingerprint density at radius 1 is 1.15 bits per heavy atom. The van der Waals surface area contributed by atoms with Crippen LogP contribution in [0.3, 0.4) is 0 Å². The van der Waals surface area contributed by atoms with E-state index in [9.17, 15) is 0 Å². The molecule has 1 saturated heterocycles. The van der Waals surface area contributed by atoms with Crippen molar-refractivity contribution >= 4 is 29.0 Å². The maximum Gasteiger partial charge on any atom is 0.148 e. The SMILES string of the molecule is Cc1nc(N2CCC3(CCC[C@H]3C)CC2)cnc1-c1ccnc(Cl)c1Cl. The number of rotatable bonds is 2. The monoisotopic (exact) mass is 390 g/mol. The lowest BCUT2D eigenvalue weighted by molar-refractivity contribution is 0.161. The van der Waals surface area contributed by atoms with Gasteiger partial charge in [0.1, 0.15) is 11.0 Å². The summed E-state index contributed by atoms with van der Waals surface area (Å²) in [6.45, 7) is 6.55. The van der Waals surface area contributed by atoms with Crippen molar-refractivity contribution in [1.29, 1.82) is 0 Å². The second-order valence-electron chi connectivity index (χ2n) is 7.77. The summed E-state index contributed by atoms with van der Waals surface area (Å²) in [5.74, 6) is 1.82. The molecule has 0 bridgehead atoms. The van der Waals surface area contributed by atoms with Crippen LogP contribution in [0.25, 0.3) is 11.3 Å². The summed E-state index contributed by atoms with van der Waals surface area (Å²) in [5.41, 5.74) is 2.97. The fraction of sp³-hybridized carbons (Fsp3) is 0.550. The zero-order valence-corrected chi connectivity index (χ0v) is 16.8. The van der Waals surface area contributed by atoms with Crippen LogP contribution in [-0.2, 0) is 0 Å². The number of aryl methyl sites for hydroxylation is 1. The minimum absolute atomic E-state index is 0.293. The molecule has 0 amide bonds. The predicted molar refractivity (Wildman–Crippen MR) is 107 cm³/mol. The maximum absolute atomic E-state index is 6.30. The molecule has 1 aliphatic heterocycles. The van der Waals surface area contributed by atoms with Gasteiger partial charge in [-0.25, -0.2) is 9.97 Å². The quantitative estimate of drug-likeness (QED) is 0.629. The molecule has 0 unspecified atom stereocenters. The largest absolute Gasteiger partial charge is 0.355 e. The van der Waals surface area contributed by atoms with Crippen LogP contribution in [0.15, 0.2) is 18.5 Å². The van der Waals surface area contributed by atoms with Crippen molar-refractivity contribution in [2.45, 2.75) is 46.0 Å². The van der Waals surface area contributed by atoms with Gasteiger partial charge in [-0.1, -0.05) is 43.0 Å². The van der Waals surface area contributed by atoms with Gasteiger partial charge in [0.15, 0.2) is 0 Å². The summed E-state index contributed by atoms with van der Waals surface area (Å²) in [7, 11) is 0. The van der Waals surface area contributed by atoms with Crippen molar-refractivity contribution < 1.29 is 0 Å². The molecule has 0 N–H and O–H groups in total. The molecule has 0 radical (unpaired) electrons. The Balaban J connectivity index is 1.55. The Morgan fingerprint density at radius 3 is 2.58 bits per heavy atom. The molecule has 3 heterocycles. The molecule has 6 heteroatoms. The van der Waals surface area contributed by atoms with E-state index in [2.05, 4.69) is 21.8 Å². The van der Waals surface area contributed by atoms with E-state index >= 15 is 0 Å². The first-order chi connectivity index (χ1) is 12.5. The van der Waals surface area contributed by atoms with Crippen molar-refractivity contribution in [3.05, 3.63) is 34.3 Å². The fourth-order valence-corrected chi connectivity index (χ4v) is 5.08. The van der Waals surface area contributed by atoms with Crippen LogP contribution in [0.5, 0.6) is 0 Å². The molecule has 1 spiro atoms. The zero-order chi connectivity index (χ0) is 18.3. The highest BCUT2D eigenvalue weighted by Gasteiger charge is 2.42. The topological polar surface area (TPSA) is 41.9 Å². The molecular weight excluding hydrogens is 367 g/mol. The van der Waals surface area contributed by atoms with Gasteiger partial charge in [-0.2, -0.15) is 0 Å². The van der Waals surface area contributed by atoms with E-state index < -0.39 is 0 Å². The Hall–Kier alpha value is -1.39. The van der Waals surface area contributed by atoms with Crippen LogP contribution in [0, 0.1) is 18.3 Å². The van der Waals surface area contributed by atoms with Crippen molar-refractivity contribution in [3.8, 4) is 11.3 Å². The summed E-state index contributed by atoms with van der Waals surface area (Å²) in [4.78, 5) is 15.9. The lowest BCUT2D eigenvalue weighted by Gasteiger charge is -2.42. The normalized spacial score (nSPS) is 22.2. The minimum atomic E-state index is 0.293. The van der Waals surface area contributed by atoms with Gasteiger partial charge in [-0.05, 0) is 43.6 Å². The molecule has 138 valence electrons. The van der Waals surface area contributed by atoms with Crippen molar-refractivity contribution in [2.75, 3.05) is 18.0 Å². The second-order valence-corrected chi connectivity index (χ2v) is 8.50. The summed E-state index contributed by atoms with van der Waals surface area (Å²) >= 11 is 12.3. The molecule has 2 aromatic heterocycles. The third kappa shape index (κ3) is 3.07. The van der Waals surface area contributed by atoms with Crippen LogP contribution in [0.2, 0.25) is 10.2 Å². The molecule has 2 aromatic rings. The minimum Gasteiger partial charge on any atom is -0.355 e. The average Bonchev–Trinajstić information content (AvgIpc) is 2.98. The van der Waals surface area contributed by atoms with Gasteiger partial charge in [-0.15, -0.1) is 0 Å². The number of hydrogen-bond donors (Lipinski definition) is 0. The van der Waals surface area contributed by atoms with Gasteiger partial charge in [-0.3, -0.25) is 4.98 Å². The van der Waals surface area contributed by atoms with Crippen molar-refractivity contribution in [1.82, 2.24) is 15.0 Å². The Labute approximate surface area is 165 Å². The third-order valence-electron chi connectivity index (χ3n) is 6.48. The van der Waals surface area contributed by atoms with Crippen molar-refractivity contribution in [2.24, 2.45) is 11.3 Å². The number of halogens is 2. The first-order valence-corrected chi connectivity index (χ1v) is 10.1. The Bertz CT molecular complexity index is 815. The molecule has 1 saturated carbocycles. The number of hydrogen-bond acceptors (Lipinski definition) is 4. The first-order valence-electron chi connectivity index (χ1n) is 9.39. The van der Waals surface area contributed by atoms with Gasteiger partial charge >= 0.3 is 0 Å². The highest BCUT2D eigenvalue weighted by atomic mass is 35.5. The summed E-state index contributed by atoms with van der Waals surface area (Å²) in [6.07, 6.45) is 10.2. The van der Waals surface area contributed by atoms with Crippen LogP contribution >= 0.6 is 23.2 Å². The van der Waals surface area contributed by atoms with Gasteiger partial charge in [0, 0.05) is 24.8 Å². The molecule has 1 aliphatic carbocycles. The standard InChI is InChI=1S/C20H24Cl2N4/c1-13-4-3-6-20(13)7-10-26(11-8-20)16-12-24-18(14(2)25-16)15-5-9-23-19(22)17(15)21/h5,9,12-13H,3-4,6-8,10-11H2,1-2H3/t13-/m1/s1. The van der Waals surface area contributed by atoms with Crippen LogP contribution in [0.4, 0.5) is 5.82 Å². The Kier molecular flexibility index (Phi) is 4.83. The lowest BCUT2D eigenvalue weighted by Crippen LogP contribution is -2.41. The molecule has 2 fully saturated rings. The third-order valence-corrected chi connectivity index (χ3v) is 7.24. The highest BCUT2D eigenvalue weighted by molar-refractivity contribution is 6.42. The summed E-state index contributed by atoms with van der Waals surface area (Å²) < 4.78 is 0. The molecule has 4 nitrogen and oxygen atoms in total. The smallest absolute Gasteiger partial charge is 0.148 e. The van der Waals surface area contributed by atoms with Crippen LogP contribution < -0.4 is 4.90 Å². The van der Waals surface area contributed by atoms with Gasteiger partial charge in [0.2, 0.25) is 0 Å². The molecular formula is C20H24Cl2N4. The van der Waals surface area contributed by atoms with E-state index in [0.717, 1.165) is 41.8 Å². The number of anilines is 1. The highest BCUT2D eigenvalue weighted by Crippen LogP contribution is 2.50. The lowest BCUT2D eigenvalue weighted by atomic mass is 9.71.